The molecule has 2 saturated heterocycles. The lowest BCUT2D eigenvalue weighted by Gasteiger charge is -2.39. The highest BCUT2D eigenvalue weighted by Crippen LogP contribution is 2.21. The third kappa shape index (κ3) is 5.56. The Hall–Kier alpha value is -0.420. The first-order valence-corrected chi connectivity index (χ1v) is 10.2. The number of aryl methyl sites for hydroxylation is 1. The van der Waals surface area contributed by atoms with Gasteiger partial charge in [0.25, 0.3) is 0 Å². The number of hydrogen-bond acceptors (Lipinski definition) is 4. The predicted molar refractivity (Wildman–Crippen MR) is 98.3 cm³/mol. The minimum Gasteiger partial charge on any atom is -0.373 e. The van der Waals surface area contributed by atoms with Gasteiger partial charge in [-0.25, -0.2) is 0 Å². The summed E-state index contributed by atoms with van der Waals surface area (Å²) < 4.78 is 5.85. The van der Waals surface area contributed by atoms with E-state index in [1.807, 2.05) is 11.3 Å². The monoisotopic (exact) mass is 336 g/mol. The van der Waals surface area contributed by atoms with Crippen LogP contribution < -0.4 is 0 Å². The van der Waals surface area contributed by atoms with E-state index in [1.54, 1.807) is 0 Å². The van der Waals surface area contributed by atoms with E-state index in [0.29, 0.717) is 12.2 Å². The van der Waals surface area contributed by atoms with Crippen molar-refractivity contribution in [1.29, 1.82) is 0 Å². The molecule has 1 aromatic heterocycles. The number of piperidine rings is 1. The van der Waals surface area contributed by atoms with Crippen LogP contribution in [0.15, 0.2) is 16.8 Å². The highest BCUT2D eigenvalue weighted by Gasteiger charge is 2.26. The molecular formula is C19H32N2OS. The van der Waals surface area contributed by atoms with Crippen molar-refractivity contribution in [3.05, 3.63) is 22.4 Å². The average molecular weight is 337 g/mol. The molecule has 3 heterocycles. The van der Waals surface area contributed by atoms with E-state index in [1.165, 1.54) is 57.4 Å². The van der Waals surface area contributed by atoms with Crippen LogP contribution in [0.3, 0.4) is 0 Å². The molecule has 0 spiro atoms. The van der Waals surface area contributed by atoms with Gasteiger partial charge < -0.3 is 9.64 Å². The minimum absolute atomic E-state index is 0.399. The molecule has 4 heteroatoms. The van der Waals surface area contributed by atoms with Crippen LogP contribution in [0, 0.1) is 5.92 Å². The SMILES string of the molecule is C[C@H]1CN(CC2CCN(CCCc3ccsc3)CC2)C[C@H](C)O1. The maximum absolute atomic E-state index is 5.85. The molecule has 2 atom stereocenters. The van der Waals surface area contributed by atoms with E-state index in [4.69, 9.17) is 4.74 Å². The highest BCUT2D eigenvalue weighted by molar-refractivity contribution is 7.07. The fourth-order valence-electron chi connectivity index (χ4n) is 4.13. The maximum atomic E-state index is 5.85. The summed E-state index contributed by atoms with van der Waals surface area (Å²) in [5, 5.41) is 4.48. The molecule has 2 aliphatic heterocycles. The van der Waals surface area contributed by atoms with Crippen LogP contribution in [0.1, 0.15) is 38.7 Å². The van der Waals surface area contributed by atoms with Gasteiger partial charge in [0.1, 0.15) is 0 Å². The molecular weight excluding hydrogens is 304 g/mol. The van der Waals surface area contributed by atoms with E-state index in [9.17, 15) is 0 Å². The molecule has 0 radical (unpaired) electrons. The number of rotatable bonds is 6. The molecule has 3 nitrogen and oxygen atoms in total. The first-order valence-electron chi connectivity index (χ1n) is 9.30. The van der Waals surface area contributed by atoms with E-state index in [-0.39, 0.29) is 0 Å². The van der Waals surface area contributed by atoms with Crippen LogP contribution >= 0.6 is 11.3 Å². The van der Waals surface area contributed by atoms with Crippen molar-refractivity contribution in [2.45, 2.75) is 51.7 Å². The maximum Gasteiger partial charge on any atom is 0.0678 e. The van der Waals surface area contributed by atoms with Gasteiger partial charge in [0.05, 0.1) is 12.2 Å². The van der Waals surface area contributed by atoms with Crippen molar-refractivity contribution < 1.29 is 4.74 Å². The van der Waals surface area contributed by atoms with Crippen molar-refractivity contribution in [2.24, 2.45) is 5.92 Å². The van der Waals surface area contributed by atoms with E-state index >= 15 is 0 Å². The Morgan fingerprint density at radius 1 is 1.13 bits per heavy atom. The third-order valence-electron chi connectivity index (χ3n) is 5.24. The molecule has 0 aromatic carbocycles. The van der Waals surface area contributed by atoms with Crippen LogP contribution in [-0.4, -0.2) is 61.3 Å². The van der Waals surface area contributed by atoms with Crippen LogP contribution in [0.25, 0.3) is 0 Å². The Morgan fingerprint density at radius 2 is 1.87 bits per heavy atom. The molecule has 0 amide bonds. The molecule has 0 unspecified atom stereocenters. The van der Waals surface area contributed by atoms with Crippen LogP contribution in [0.2, 0.25) is 0 Å². The first-order chi connectivity index (χ1) is 11.2. The van der Waals surface area contributed by atoms with Gasteiger partial charge in [0.2, 0.25) is 0 Å². The summed E-state index contributed by atoms with van der Waals surface area (Å²) in [6, 6.07) is 2.27. The van der Waals surface area contributed by atoms with Gasteiger partial charge >= 0.3 is 0 Å². The van der Waals surface area contributed by atoms with E-state index in [2.05, 4.69) is 40.5 Å². The lowest BCUT2D eigenvalue weighted by Crippen LogP contribution is -2.48. The molecule has 2 aliphatic rings. The summed E-state index contributed by atoms with van der Waals surface area (Å²) in [5.41, 5.74) is 1.51. The number of nitrogens with zero attached hydrogens (tertiary/aromatic N) is 2. The largest absolute Gasteiger partial charge is 0.373 e. The predicted octanol–water partition coefficient (Wildman–Crippen LogP) is 3.50. The lowest BCUT2D eigenvalue weighted by molar-refractivity contribution is -0.0731. The second-order valence-electron chi connectivity index (χ2n) is 7.50. The summed E-state index contributed by atoms with van der Waals surface area (Å²) in [6.45, 7) is 11.8. The second-order valence-corrected chi connectivity index (χ2v) is 8.28. The minimum atomic E-state index is 0.399. The van der Waals surface area contributed by atoms with E-state index in [0.717, 1.165) is 19.0 Å². The molecule has 1 aromatic rings. The van der Waals surface area contributed by atoms with Gasteiger partial charge in [-0.15, -0.1) is 0 Å². The Labute approximate surface area is 145 Å². The quantitative estimate of drug-likeness (QED) is 0.791. The van der Waals surface area contributed by atoms with E-state index < -0.39 is 0 Å². The molecule has 0 bridgehead atoms. The zero-order chi connectivity index (χ0) is 16.1. The standard InChI is InChI=1S/C19H32N2OS/c1-16-12-21(13-17(2)22-16)14-18-5-9-20(10-6-18)8-3-4-19-7-11-23-15-19/h7,11,15-18H,3-6,8-10,12-14H2,1-2H3/t16-,17-/m0/s1. The van der Waals surface area contributed by atoms with Crippen LogP contribution in [0.4, 0.5) is 0 Å². The smallest absolute Gasteiger partial charge is 0.0678 e. The molecule has 3 rings (SSSR count). The van der Waals surface area contributed by atoms with Crippen molar-refractivity contribution in [3.8, 4) is 0 Å². The average Bonchev–Trinajstić information content (AvgIpc) is 3.01. The highest BCUT2D eigenvalue weighted by atomic mass is 32.1. The first kappa shape index (κ1) is 17.4. The summed E-state index contributed by atoms with van der Waals surface area (Å²) in [4.78, 5) is 5.31. The van der Waals surface area contributed by atoms with Crippen molar-refractivity contribution in [1.82, 2.24) is 9.80 Å². The zero-order valence-corrected chi connectivity index (χ0v) is 15.6. The molecule has 0 N–H and O–H groups in total. The number of likely N-dealkylation sites (tertiary alicyclic amines) is 1. The number of ether oxygens (including phenoxy) is 1. The van der Waals surface area contributed by atoms with Gasteiger partial charge in [-0.2, -0.15) is 11.3 Å². The summed E-state index contributed by atoms with van der Waals surface area (Å²) in [7, 11) is 0. The molecule has 2 fully saturated rings. The van der Waals surface area contributed by atoms with Gasteiger partial charge in [-0.1, -0.05) is 0 Å². The fraction of sp³-hybridized carbons (Fsp3) is 0.789. The topological polar surface area (TPSA) is 15.7 Å². The molecule has 0 aliphatic carbocycles. The van der Waals surface area contributed by atoms with Crippen LogP contribution in [0.5, 0.6) is 0 Å². The Bertz CT molecular complexity index is 432. The zero-order valence-electron chi connectivity index (χ0n) is 14.7. The molecule has 130 valence electrons. The summed E-state index contributed by atoms with van der Waals surface area (Å²) in [5.74, 6) is 0.889. The summed E-state index contributed by atoms with van der Waals surface area (Å²) in [6.07, 6.45) is 6.09. The van der Waals surface area contributed by atoms with Crippen molar-refractivity contribution in [2.75, 3.05) is 39.3 Å². The summed E-state index contributed by atoms with van der Waals surface area (Å²) >= 11 is 1.82. The number of hydrogen-bond donors (Lipinski definition) is 0. The Kier molecular flexibility index (Phi) is 6.52. The third-order valence-corrected chi connectivity index (χ3v) is 5.97. The normalized spacial score (nSPS) is 28.3. The number of morpholine rings is 1. The van der Waals surface area contributed by atoms with Gasteiger partial charge in [-0.05, 0) is 87.5 Å². The van der Waals surface area contributed by atoms with Gasteiger partial charge in [0.15, 0.2) is 0 Å². The Balaban J connectivity index is 1.32. The fourth-order valence-corrected chi connectivity index (χ4v) is 4.84. The lowest BCUT2D eigenvalue weighted by atomic mass is 9.95. The van der Waals surface area contributed by atoms with Crippen LogP contribution in [-0.2, 0) is 11.2 Å². The van der Waals surface area contributed by atoms with Gasteiger partial charge in [-0.3, -0.25) is 4.90 Å². The number of thiophene rings is 1. The van der Waals surface area contributed by atoms with Crippen molar-refractivity contribution in [3.63, 3.8) is 0 Å². The Morgan fingerprint density at radius 3 is 2.52 bits per heavy atom. The van der Waals surface area contributed by atoms with Crippen molar-refractivity contribution >= 4 is 11.3 Å². The molecule has 23 heavy (non-hydrogen) atoms. The second kappa shape index (κ2) is 8.61. The van der Waals surface area contributed by atoms with Gasteiger partial charge in [0, 0.05) is 19.6 Å². The molecule has 0 saturated carbocycles.